The van der Waals surface area contributed by atoms with E-state index >= 15 is 0 Å². The highest BCUT2D eigenvalue weighted by molar-refractivity contribution is 6.32. The Bertz CT molecular complexity index is 1160. The molecule has 1 amide bonds. The SMILES string of the molecule is COc1ccc(CC(=O)N/N=C\c2cc(N=Nc3ccccc3Cl)ccc2O)cc1OC. The van der Waals surface area contributed by atoms with E-state index in [1.165, 1.54) is 19.4 Å². The van der Waals surface area contributed by atoms with Gasteiger partial charge < -0.3 is 14.6 Å². The van der Waals surface area contributed by atoms with Gasteiger partial charge >= 0.3 is 0 Å². The van der Waals surface area contributed by atoms with E-state index in [1.54, 1.807) is 61.7 Å². The minimum atomic E-state index is -0.331. The van der Waals surface area contributed by atoms with E-state index in [1.807, 2.05) is 0 Å². The third kappa shape index (κ3) is 6.05. The lowest BCUT2D eigenvalue weighted by atomic mass is 10.1. The Morgan fingerprint density at radius 1 is 1.03 bits per heavy atom. The van der Waals surface area contributed by atoms with Crippen LogP contribution in [0.3, 0.4) is 0 Å². The highest BCUT2D eigenvalue weighted by atomic mass is 35.5. The first-order valence-electron chi connectivity index (χ1n) is 9.52. The number of rotatable bonds is 8. The molecule has 0 fully saturated rings. The van der Waals surface area contributed by atoms with Crippen molar-refractivity contribution in [1.29, 1.82) is 0 Å². The van der Waals surface area contributed by atoms with Crippen molar-refractivity contribution in [2.75, 3.05) is 14.2 Å². The van der Waals surface area contributed by atoms with Crippen molar-refractivity contribution < 1.29 is 19.4 Å². The van der Waals surface area contributed by atoms with Gasteiger partial charge in [0.1, 0.15) is 11.4 Å². The van der Waals surface area contributed by atoms with Crippen LogP contribution < -0.4 is 14.9 Å². The summed E-state index contributed by atoms with van der Waals surface area (Å²) in [5.74, 6) is 0.771. The van der Waals surface area contributed by atoms with Crippen LogP contribution in [-0.2, 0) is 11.2 Å². The Labute approximate surface area is 190 Å². The van der Waals surface area contributed by atoms with Gasteiger partial charge in [0.2, 0.25) is 5.91 Å². The van der Waals surface area contributed by atoms with Crippen molar-refractivity contribution in [2.45, 2.75) is 6.42 Å². The second-order valence-electron chi connectivity index (χ2n) is 6.55. The summed E-state index contributed by atoms with van der Waals surface area (Å²) in [6.07, 6.45) is 1.42. The molecule has 0 heterocycles. The lowest BCUT2D eigenvalue weighted by Gasteiger charge is -2.09. The number of aromatic hydroxyl groups is 1. The van der Waals surface area contributed by atoms with Crippen molar-refractivity contribution in [3.05, 3.63) is 76.8 Å². The number of amides is 1. The highest BCUT2D eigenvalue weighted by Crippen LogP contribution is 2.29. The van der Waals surface area contributed by atoms with E-state index in [4.69, 9.17) is 21.1 Å². The number of halogens is 1. The number of benzene rings is 3. The highest BCUT2D eigenvalue weighted by Gasteiger charge is 2.08. The maximum Gasteiger partial charge on any atom is 0.244 e. The number of phenols is 1. The molecule has 0 saturated heterocycles. The minimum Gasteiger partial charge on any atom is -0.507 e. The Balaban J connectivity index is 1.64. The smallest absolute Gasteiger partial charge is 0.244 e. The zero-order chi connectivity index (χ0) is 22.9. The number of carbonyl (C=O) groups is 1. The zero-order valence-corrected chi connectivity index (χ0v) is 18.2. The first kappa shape index (κ1) is 22.8. The number of azo groups is 1. The van der Waals surface area contributed by atoms with Crippen LogP contribution in [0.4, 0.5) is 11.4 Å². The van der Waals surface area contributed by atoms with Gasteiger partial charge in [0.25, 0.3) is 0 Å². The minimum absolute atomic E-state index is 0.0143. The predicted molar refractivity (Wildman–Crippen MR) is 123 cm³/mol. The number of phenolic OH excluding ortho intramolecular Hbond substituents is 1. The van der Waals surface area contributed by atoms with E-state index in [0.717, 1.165) is 5.56 Å². The van der Waals surface area contributed by atoms with E-state index in [0.29, 0.717) is 33.5 Å². The number of hydrogen-bond acceptors (Lipinski definition) is 7. The Hall–Kier alpha value is -3.91. The van der Waals surface area contributed by atoms with Gasteiger partial charge in [0.15, 0.2) is 11.5 Å². The molecule has 0 aliphatic rings. The lowest BCUT2D eigenvalue weighted by Crippen LogP contribution is -2.19. The molecule has 0 atom stereocenters. The molecule has 0 aliphatic heterocycles. The molecule has 32 heavy (non-hydrogen) atoms. The average molecular weight is 453 g/mol. The number of hydrazone groups is 1. The van der Waals surface area contributed by atoms with Crippen molar-refractivity contribution in [2.24, 2.45) is 15.3 Å². The van der Waals surface area contributed by atoms with Crippen molar-refractivity contribution >= 4 is 35.1 Å². The summed E-state index contributed by atoms with van der Waals surface area (Å²) in [4.78, 5) is 12.2. The standard InChI is InChI=1S/C23H21ClN4O4/c1-31-21-10-7-15(11-22(21)32-2)12-23(30)28-25-14-16-13-17(8-9-20(16)29)26-27-19-6-4-3-5-18(19)24/h3-11,13-14,29H,12H2,1-2H3,(H,28,30)/b25-14-,27-26?. The third-order valence-electron chi connectivity index (χ3n) is 4.34. The van der Waals surface area contributed by atoms with Crippen LogP contribution in [-0.4, -0.2) is 31.4 Å². The molecule has 0 bridgehead atoms. The number of hydrogen-bond donors (Lipinski definition) is 2. The Morgan fingerprint density at radius 3 is 2.56 bits per heavy atom. The average Bonchev–Trinajstić information content (AvgIpc) is 2.80. The van der Waals surface area contributed by atoms with Gasteiger partial charge in [-0.15, -0.1) is 5.11 Å². The fourth-order valence-corrected chi connectivity index (χ4v) is 2.91. The molecule has 3 aromatic carbocycles. The molecule has 9 heteroatoms. The summed E-state index contributed by atoms with van der Waals surface area (Å²) in [6.45, 7) is 0. The number of ether oxygens (including phenoxy) is 2. The van der Waals surface area contributed by atoms with Gasteiger partial charge in [0.05, 0.1) is 37.6 Å². The zero-order valence-electron chi connectivity index (χ0n) is 17.4. The fourth-order valence-electron chi connectivity index (χ4n) is 2.74. The number of methoxy groups -OCH3 is 2. The van der Waals surface area contributed by atoms with Crippen LogP contribution in [0.15, 0.2) is 76.0 Å². The molecule has 2 N–H and O–H groups in total. The van der Waals surface area contributed by atoms with Crippen LogP contribution in [0.25, 0.3) is 0 Å². The molecule has 0 radical (unpaired) electrons. The molecule has 0 spiro atoms. The summed E-state index contributed by atoms with van der Waals surface area (Å²) in [6, 6.07) is 16.9. The first-order chi connectivity index (χ1) is 15.5. The van der Waals surface area contributed by atoms with E-state index in [2.05, 4.69) is 20.8 Å². The van der Waals surface area contributed by atoms with E-state index in [-0.39, 0.29) is 18.1 Å². The van der Waals surface area contributed by atoms with Crippen LogP contribution >= 0.6 is 11.6 Å². The van der Waals surface area contributed by atoms with Crippen LogP contribution in [0.5, 0.6) is 17.2 Å². The first-order valence-corrected chi connectivity index (χ1v) is 9.90. The Kier molecular flexibility index (Phi) is 7.77. The summed E-state index contributed by atoms with van der Waals surface area (Å²) in [7, 11) is 3.07. The number of nitrogens with one attached hydrogen (secondary N) is 1. The second kappa shape index (κ2) is 10.9. The third-order valence-corrected chi connectivity index (χ3v) is 4.66. The monoisotopic (exact) mass is 452 g/mol. The molecule has 0 unspecified atom stereocenters. The molecule has 164 valence electrons. The molecule has 3 rings (SSSR count). The summed E-state index contributed by atoms with van der Waals surface area (Å²) < 4.78 is 10.4. The fraction of sp³-hybridized carbons (Fsp3) is 0.130. The molecular weight excluding hydrogens is 432 g/mol. The molecular formula is C23H21ClN4O4. The van der Waals surface area contributed by atoms with E-state index in [9.17, 15) is 9.90 Å². The molecule has 0 aliphatic carbocycles. The summed E-state index contributed by atoms with van der Waals surface area (Å²) in [5.41, 5.74) is 4.55. The quantitative estimate of drug-likeness (QED) is 0.279. The second-order valence-corrected chi connectivity index (χ2v) is 6.96. The summed E-state index contributed by atoms with van der Waals surface area (Å²) in [5, 5.41) is 22.7. The van der Waals surface area contributed by atoms with Gasteiger partial charge in [-0.05, 0) is 48.0 Å². The van der Waals surface area contributed by atoms with Crippen LogP contribution in [0.2, 0.25) is 5.02 Å². The van der Waals surface area contributed by atoms with Gasteiger partial charge in [-0.2, -0.15) is 10.2 Å². The number of nitrogens with zero attached hydrogens (tertiary/aromatic N) is 3. The largest absolute Gasteiger partial charge is 0.507 e. The van der Waals surface area contributed by atoms with Gasteiger partial charge in [-0.3, -0.25) is 4.79 Å². The normalized spacial score (nSPS) is 11.1. The predicted octanol–water partition coefficient (Wildman–Crippen LogP) is 5.17. The van der Waals surface area contributed by atoms with Crippen molar-refractivity contribution in [1.82, 2.24) is 5.43 Å². The molecule has 8 nitrogen and oxygen atoms in total. The van der Waals surface area contributed by atoms with Crippen molar-refractivity contribution in [3.63, 3.8) is 0 Å². The molecule has 0 saturated carbocycles. The van der Waals surface area contributed by atoms with Crippen molar-refractivity contribution in [3.8, 4) is 17.2 Å². The lowest BCUT2D eigenvalue weighted by molar-refractivity contribution is -0.120. The van der Waals surface area contributed by atoms with Gasteiger partial charge in [0, 0.05) is 5.56 Å². The van der Waals surface area contributed by atoms with Gasteiger partial charge in [-0.25, -0.2) is 5.43 Å². The molecule has 0 aromatic heterocycles. The maximum absolute atomic E-state index is 12.2. The van der Waals surface area contributed by atoms with Crippen LogP contribution in [0.1, 0.15) is 11.1 Å². The number of carbonyl (C=O) groups excluding carboxylic acids is 1. The van der Waals surface area contributed by atoms with E-state index < -0.39 is 0 Å². The topological polar surface area (TPSA) is 105 Å². The van der Waals surface area contributed by atoms with Crippen LogP contribution in [0, 0.1) is 0 Å². The van der Waals surface area contributed by atoms with Gasteiger partial charge in [-0.1, -0.05) is 29.8 Å². The maximum atomic E-state index is 12.2. The summed E-state index contributed by atoms with van der Waals surface area (Å²) >= 11 is 6.07. The molecule has 3 aromatic rings. The Morgan fingerprint density at radius 2 is 1.81 bits per heavy atom.